The van der Waals surface area contributed by atoms with E-state index in [-0.39, 0.29) is 30.4 Å². The lowest BCUT2D eigenvalue weighted by atomic mass is 10.1. The normalized spacial score (nSPS) is 13.7. The van der Waals surface area contributed by atoms with Gasteiger partial charge in [0.1, 0.15) is 0 Å². The molecule has 0 aromatic heterocycles. The highest BCUT2D eigenvalue weighted by Crippen LogP contribution is 2.18. The van der Waals surface area contributed by atoms with Crippen molar-refractivity contribution in [2.75, 3.05) is 11.9 Å². The molecule has 1 fully saturated rings. The molecule has 1 N–H and O–H groups in total. The second kappa shape index (κ2) is 8.82. The van der Waals surface area contributed by atoms with Crippen LogP contribution in [0.4, 0.5) is 5.69 Å². The zero-order valence-corrected chi connectivity index (χ0v) is 15.7. The van der Waals surface area contributed by atoms with Gasteiger partial charge in [-0.05, 0) is 48.4 Å². The van der Waals surface area contributed by atoms with Crippen molar-refractivity contribution in [3.05, 3.63) is 64.7 Å². The van der Waals surface area contributed by atoms with Crippen LogP contribution in [0.1, 0.15) is 41.6 Å². The Morgan fingerprint density at radius 2 is 1.85 bits per heavy atom. The monoisotopic (exact) mass is 384 g/mol. The van der Waals surface area contributed by atoms with E-state index in [1.54, 1.807) is 30.3 Å². The number of nitrogens with zero attached hydrogens (tertiary/aromatic N) is 1. The molecule has 2 amide bonds. The van der Waals surface area contributed by atoms with Gasteiger partial charge < -0.3 is 10.2 Å². The number of hydrogen-bond donors (Lipinski definition) is 1. The highest BCUT2D eigenvalue weighted by molar-refractivity contribution is 6.30. The van der Waals surface area contributed by atoms with Crippen LogP contribution >= 0.6 is 11.6 Å². The average Bonchev–Trinajstić information content (AvgIpc) is 3.05. The zero-order chi connectivity index (χ0) is 19.2. The van der Waals surface area contributed by atoms with Gasteiger partial charge in [-0.15, -0.1) is 0 Å². The quantitative estimate of drug-likeness (QED) is 0.732. The largest absolute Gasteiger partial charge is 0.338 e. The lowest BCUT2D eigenvalue weighted by molar-refractivity contribution is -0.128. The van der Waals surface area contributed by atoms with E-state index in [4.69, 9.17) is 11.6 Å². The fraction of sp³-hybridized carbons (Fsp3) is 0.286. The number of anilines is 1. The van der Waals surface area contributed by atoms with Crippen LogP contribution in [-0.2, 0) is 16.1 Å². The van der Waals surface area contributed by atoms with Crippen LogP contribution in [0.25, 0.3) is 0 Å². The van der Waals surface area contributed by atoms with E-state index >= 15 is 0 Å². The molecule has 140 valence electrons. The van der Waals surface area contributed by atoms with Crippen LogP contribution in [0, 0.1) is 0 Å². The van der Waals surface area contributed by atoms with Gasteiger partial charge in [0.2, 0.25) is 11.8 Å². The third-order valence-electron chi connectivity index (χ3n) is 4.50. The van der Waals surface area contributed by atoms with Gasteiger partial charge in [0, 0.05) is 48.6 Å². The van der Waals surface area contributed by atoms with Gasteiger partial charge in [0.25, 0.3) is 0 Å². The molecule has 2 aromatic rings. The van der Waals surface area contributed by atoms with Crippen molar-refractivity contribution >= 4 is 34.9 Å². The highest BCUT2D eigenvalue weighted by atomic mass is 35.5. The minimum atomic E-state index is -0.216. The minimum absolute atomic E-state index is 0.0943. The average molecular weight is 385 g/mol. The molecule has 0 bridgehead atoms. The maximum atomic E-state index is 12.2. The van der Waals surface area contributed by atoms with E-state index in [1.165, 1.54) is 0 Å². The van der Waals surface area contributed by atoms with Crippen molar-refractivity contribution in [2.45, 2.75) is 32.2 Å². The number of amides is 2. The number of hydrogen-bond acceptors (Lipinski definition) is 3. The van der Waals surface area contributed by atoms with Gasteiger partial charge in [-0.25, -0.2) is 0 Å². The molecule has 0 atom stereocenters. The van der Waals surface area contributed by atoms with Crippen molar-refractivity contribution < 1.29 is 14.4 Å². The first-order valence-corrected chi connectivity index (χ1v) is 9.34. The third-order valence-corrected chi connectivity index (χ3v) is 4.75. The van der Waals surface area contributed by atoms with E-state index < -0.39 is 0 Å². The Balaban J connectivity index is 1.51. The molecule has 5 nitrogen and oxygen atoms in total. The first kappa shape index (κ1) is 19.1. The molecule has 6 heteroatoms. The maximum Gasteiger partial charge on any atom is 0.224 e. The first-order chi connectivity index (χ1) is 13.0. The summed E-state index contributed by atoms with van der Waals surface area (Å²) >= 11 is 5.81. The number of likely N-dealkylation sites (tertiary alicyclic amines) is 1. The lowest BCUT2D eigenvalue weighted by Gasteiger charge is -2.16. The van der Waals surface area contributed by atoms with E-state index in [0.717, 1.165) is 18.5 Å². The summed E-state index contributed by atoms with van der Waals surface area (Å²) in [6.07, 6.45) is 1.75. The fourth-order valence-electron chi connectivity index (χ4n) is 3.07. The first-order valence-electron chi connectivity index (χ1n) is 8.96. The number of benzene rings is 2. The number of nitrogens with one attached hydrogen (secondary N) is 1. The highest BCUT2D eigenvalue weighted by Gasteiger charge is 2.20. The predicted molar refractivity (Wildman–Crippen MR) is 105 cm³/mol. The number of rotatable bonds is 7. The Bertz CT molecular complexity index is 849. The Hall–Kier alpha value is -2.66. The molecule has 0 unspecified atom stereocenters. The van der Waals surface area contributed by atoms with Crippen molar-refractivity contribution in [3.63, 3.8) is 0 Å². The molecule has 1 heterocycles. The SMILES string of the molecule is O=C(CCC(=O)c1ccc(Cl)cc1)Nc1cccc(CN2CCCC2=O)c1. The summed E-state index contributed by atoms with van der Waals surface area (Å²) in [5, 5.41) is 3.39. The molecule has 0 saturated carbocycles. The Morgan fingerprint density at radius 1 is 1.07 bits per heavy atom. The van der Waals surface area contributed by atoms with Gasteiger partial charge in [0.05, 0.1) is 0 Å². The summed E-state index contributed by atoms with van der Waals surface area (Å²) in [6, 6.07) is 14.1. The smallest absolute Gasteiger partial charge is 0.224 e. The minimum Gasteiger partial charge on any atom is -0.338 e. The second-order valence-corrected chi connectivity index (χ2v) is 7.03. The predicted octanol–water partition coefficient (Wildman–Crippen LogP) is 4.06. The summed E-state index contributed by atoms with van der Waals surface area (Å²) in [5.41, 5.74) is 2.19. The summed E-state index contributed by atoms with van der Waals surface area (Å²) < 4.78 is 0. The Morgan fingerprint density at radius 3 is 2.56 bits per heavy atom. The third kappa shape index (κ3) is 5.41. The van der Waals surface area contributed by atoms with Crippen LogP contribution in [0.3, 0.4) is 0 Å². The van der Waals surface area contributed by atoms with Gasteiger partial charge in [-0.2, -0.15) is 0 Å². The van der Waals surface area contributed by atoms with E-state index in [2.05, 4.69) is 5.32 Å². The molecule has 1 aliphatic heterocycles. The van der Waals surface area contributed by atoms with Gasteiger partial charge in [-0.1, -0.05) is 23.7 Å². The van der Waals surface area contributed by atoms with E-state index in [9.17, 15) is 14.4 Å². The fourth-order valence-corrected chi connectivity index (χ4v) is 3.20. The van der Waals surface area contributed by atoms with Crippen LogP contribution in [-0.4, -0.2) is 29.0 Å². The maximum absolute atomic E-state index is 12.2. The Kier molecular flexibility index (Phi) is 6.24. The van der Waals surface area contributed by atoms with E-state index in [1.807, 2.05) is 23.1 Å². The molecule has 0 spiro atoms. The molecule has 1 saturated heterocycles. The van der Waals surface area contributed by atoms with E-state index in [0.29, 0.717) is 29.2 Å². The van der Waals surface area contributed by atoms with Crippen LogP contribution < -0.4 is 5.32 Å². The van der Waals surface area contributed by atoms with Crippen molar-refractivity contribution in [1.82, 2.24) is 4.90 Å². The molecule has 0 aliphatic carbocycles. The number of halogens is 1. The summed E-state index contributed by atoms with van der Waals surface area (Å²) in [4.78, 5) is 37.9. The van der Waals surface area contributed by atoms with Crippen molar-refractivity contribution in [3.8, 4) is 0 Å². The number of carbonyl (C=O) groups is 3. The molecule has 3 rings (SSSR count). The molecule has 1 aliphatic rings. The van der Waals surface area contributed by atoms with Crippen molar-refractivity contribution in [1.29, 1.82) is 0 Å². The Labute approximate surface area is 163 Å². The molecule has 0 radical (unpaired) electrons. The zero-order valence-electron chi connectivity index (χ0n) is 14.9. The number of Topliss-reactive ketones (excluding diaryl/α,β-unsaturated/α-hetero) is 1. The standard InChI is InChI=1S/C21H21ClN2O3/c22-17-8-6-16(7-9-17)19(25)10-11-20(26)23-18-4-1-3-15(13-18)14-24-12-2-5-21(24)27/h1,3-4,6-9,13H,2,5,10-12,14H2,(H,23,26). The van der Waals surface area contributed by atoms with Gasteiger partial charge in [0.15, 0.2) is 5.78 Å². The summed E-state index contributed by atoms with van der Waals surface area (Å²) in [7, 11) is 0. The number of carbonyl (C=O) groups excluding carboxylic acids is 3. The molecule has 27 heavy (non-hydrogen) atoms. The lowest BCUT2D eigenvalue weighted by Crippen LogP contribution is -2.23. The van der Waals surface area contributed by atoms with Gasteiger partial charge >= 0.3 is 0 Å². The molecule has 2 aromatic carbocycles. The van der Waals surface area contributed by atoms with Crippen LogP contribution in [0.2, 0.25) is 5.02 Å². The van der Waals surface area contributed by atoms with Gasteiger partial charge in [-0.3, -0.25) is 14.4 Å². The summed E-state index contributed by atoms with van der Waals surface area (Å²) in [5.74, 6) is -0.139. The topological polar surface area (TPSA) is 66.5 Å². The van der Waals surface area contributed by atoms with Crippen LogP contribution in [0.5, 0.6) is 0 Å². The molecular formula is C21H21ClN2O3. The number of ketones is 1. The second-order valence-electron chi connectivity index (χ2n) is 6.60. The summed E-state index contributed by atoms with van der Waals surface area (Å²) in [6.45, 7) is 1.33. The van der Waals surface area contributed by atoms with Crippen LogP contribution in [0.15, 0.2) is 48.5 Å². The molecular weight excluding hydrogens is 364 g/mol. The van der Waals surface area contributed by atoms with Crippen molar-refractivity contribution in [2.24, 2.45) is 0 Å².